The molecular weight excluding hydrogens is 162 g/mol. The number of carbonyl (C=O) groups excluding carboxylic acids is 1. The predicted molar refractivity (Wildman–Crippen MR) is 41.1 cm³/mol. The maximum absolute atomic E-state index is 11.0. The standard InChI is InChI=1S/C7H5NO2S/c8-3-5-11-7(9)6-2-1-4-10-6/h1-2,4H,5H2. The van der Waals surface area contributed by atoms with Gasteiger partial charge in [-0.05, 0) is 12.1 Å². The molecule has 0 saturated carbocycles. The predicted octanol–water partition coefficient (Wildman–Crippen LogP) is 1.68. The minimum Gasteiger partial charge on any atom is -0.460 e. The summed E-state index contributed by atoms with van der Waals surface area (Å²) < 4.78 is 4.81. The van der Waals surface area contributed by atoms with Crippen LogP contribution >= 0.6 is 11.8 Å². The van der Waals surface area contributed by atoms with Crippen LogP contribution in [-0.2, 0) is 0 Å². The van der Waals surface area contributed by atoms with Gasteiger partial charge in [0.1, 0.15) is 0 Å². The molecule has 1 aromatic rings. The molecule has 4 heteroatoms. The minimum absolute atomic E-state index is 0.166. The van der Waals surface area contributed by atoms with E-state index < -0.39 is 0 Å². The summed E-state index contributed by atoms with van der Waals surface area (Å²) in [6.07, 6.45) is 1.43. The van der Waals surface area contributed by atoms with Gasteiger partial charge in [-0.1, -0.05) is 11.8 Å². The van der Waals surface area contributed by atoms with Crippen molar-refractivity contribution < 1.29 is 9.21 Å². The Morgan fingerprint density at radius 1 is 1.82 bits per heavy atom. The third-order valence-corrected chi connectivity index (χ3v) is 1.73. The number of hydrogen-bond donors (Lipinski definition) is 0. The van der Waals surface area contributed by atoms with Crippen molar-refractivity contribution >= 4 is 16.9 Å². The fourth-order valence-corrected chi connectivity index (χ4v) is 1.02. The molecule has 0 aromatic carbocycles. The summed E-state index contributed by atoms with van der Waals surface area (Å²) in [5, 5.41) is 7.96. The van der Waals surface area contributed by atoms with E-state index in [0.29, 0.717) is 5.76 Å². The number of hydrogen-bond acceptors (Lipinski definition) is 4. The summed E-state index contributed by atoms with van der Waals surface area (Å²) in [5.41, 5.74) is 0. The molecular formula is C7H5NO2S. The van der Waals surface area contributed by atoms with Crippen molar-refractivity contribution in [2.45, 2.75) is 0 Å². The van der Waals surface area contributed by atoms with Crippen LogP contribution in [0.2, 0.25) is 0 Å². The van der Waals surface area contributed by atoms with Crippen molar-refractivity contribution in [1.29, 1.82) is 5.26 Å². The zero-order valence-electron chi connectivity index (χ0n) is 5.61. The Morgan fingerprint density at radius 3 is 3.18 bits per heavy atom. The molecule has 3 nitrogen and oxygen atoms in total. The second kappa shape index (κ2) is 3.84. The highest BCUT2D eigenvalue weighted by atomic mass is 32.2. The lowest BCUT2D eigenvalue weighted by atomic mass is 10.5. The van der Waals surface area contributed by atoms with Crippen molar-refractivity contribution in [1.82, 2.24) is 0 Å². The first-order valence-electron chi connectivity index (χ1n) is 2.92. The van der Waals surface area contributed by atoms with E-state index in [2.05, 4.69) is 0 Å². The molecule has 0 radical (unpaired) electrons. The van der Waals surface area contributed by atoms with Crippen LogP contribution in [0.5, 0.6) is 0 Å². The fraction of sp³-hybridized carbons (Fsp3) is 0.143. The van der Waals surface area contributed by atoms with Gasteiger partial charge in [-0.3, -0.25) is 4.79 Å². The van der Waals surface area contributed by atoms with Crippen molar-refractivity contribution in [3.63, 3.8) is 0 Å². The van der Waals surface area contributed by atoms with Gasteiger partial charge in [-0.25, -0.2) is 0 Å². The van der Waals surface area contributed by atoms with Crippen LogP contribution in [0.1, 0.15) is 10.6 Å². The second-order valence-electron chi connectivity index (χ2n) is 1.71. The van der Waals surface area contributed by atoms with E-state index >= 15 is 0 Å². The Hall–Kier alpha value is -1.21. The highest BCUT2D eigenvalue weighted by molar-refractivity contribution is 8.14. The van der Waals surface area contributed by atoms with Crippen molar-refractivity contribution in [2.75, 3.05) is 5.75 Å². The largest absolute Gasteiger partial charge is 0.460 e. The highest BCUT2D eigenvalue weighted by Crippen LogP contribution is 2.11. The fourth-order valence-electron chi connectivity index (χ4n) is 0.564. The normalized spacial score (nSPS) is 9.00. The third-order valence-electron chi connectivity index (χ3n) is 0.990. The molecule has 0 atom stereocenters. The first-order chi connectivity index (χ1) is 5.34. The summed E-state index contributed by atoms with van der Waals surface area (Å²) >= 11 is 0.940. The average molecular weight is 167 g/mol. The molecule has 1 heterocycles. The molecule has 1 rings (SSSR count). The first kappa shape index (κ1) is 7.89. The van der Waals surface area contributed by atoms with Crippen molar-refractivity contribution in [2.24, 2.45) is 0 Å². The van der Waals surface area contributed by atoms with Gasteiger partial charge in [0.25, 0.3) is 5.12 Å². The van der Waals surface area contributed by atoms with E-state index in [4.69, 9.17) is 9.68 Å². The summed E-state index contributed by atoms with van der Waals surface area (Å²) in [5.74, 6) is 0.463. The van der Waals surface area contributed by atoms with Crippen LogP contribution in [0.15, 0.2) is 22.8 Å². The average Bonchev–Trinajstić information content (AvgIpc) is 2.52. The van der Waals surface area contributed by atoms with Crippen LogP contribution in [0.4, 0.5) is 0 Å². The zero-order chi connectivity index (χ0) is 8.10. The summed E-state index contributed by atoms with van der Waals surface area (Å²) in [7, 11) is 0. The number of furan rings is 1. The van der Waals surface area contributed by atoms with E-state index in [9.17, 15) is 4.79 Å². The van der Waals surface area contributed by atoms with E-state index in [-0.39, 0.29) is 10.9 Å². The summed E-state index contributed by atoms with van der Waals surface area (Å²) in [4.78, 5) is 11.0. The monoisotopic (exact) mass is 167 g/mol. The molecule has 0 aliphatic heterocycles. The third kappa shape index (κ3) is 2.13. The molecule has 1 aromatic heterocycles. The molecule has 11 heavy (non-hydrogen) atoms. The van der Waals surface area contributed by atoms with Gasteiger partial charge in [-0.2, -0.15) is 5.26 Å². The molecule has 0 bridgehead atoms. The topological polar surface area (TPSA) is 54.0 Å². The van der Waals surface area contributed by atoms with Gasteiger partial charge in [0.15, 0.2) is 5.76 Å². The highest BCUT2D eigenvalue weighted by Gasteiger charge is 2.07. The quantitative estimate of drug-likeness (QED) is 0.672. The molecule has 0 aliphatic rings. The van der Waals surface area contributed by atoms with Gasteiger partial charge >= 0.3 is 0 Å². The van der Waals surface area contributed by atoms with Gasteiger partial charge in [0, 0.05) is 0 Å². The lowest BCUT2D eigenvalue weighted by molar-refractivity contribution is 0.106. The first-order valence-corrected chi connectivity index (χ1v) is 3.90. The van der Waals surface area contributed by atoms with Gasteiger partial charge in [-0.15, -0.1) is 0 Å². The van der Waals surface area contributed by atoms with Crippen LogP contribution in [0.25, 0.3) is 0 Å². The molecule has 56 valence electrons. The smallest absolute Gasteiger partial charge is 0.255 e. The van der Waals surface area contributed by atoms with Crippen molar-refractivity contribution in [3.05, 3.63) is 24.2 Å². The molecule has 0 N–H and O–H groups in total. The second-order valence-corrected chi connectivity index (χ2v) is 2.66. The maximum atomic E-state index is 11.0. The van der Waals surface area contributed by atoms with Crippen LogP contribution in [-0.4, -0.2) is 10.9 Å². The Labute approximate surface area is 68.0 Å². The van der Waals surface area contributed by atoms with E-state index in [1.807, 2.05) is 6.07 Å². The molecule has 0 spiro atoms. The lowest BCUT2D eigenvalue weighted by Gasteiger charge is -1.88. The van der Waals surface area contributed by atoms with Crippen molar-refractivity contribution in [3.8, 4) is 6.07 Å². The Morgan fingerprint density at radius 2 is 2.64 bits per heavy atom. The van der Waals surface area contributed by atoms with Gasteiger partial charge in [0.05, 0.1) is 18.1 Å². The number of thioether (sulfide) groups is 1. The Bertz CT molecular complexity index is 273. The minimum atomic E-state index is -0.198. The number of nitriles is 1. The lowest BCUT2D eigenvalue weighted by Crippen LogP contribution is -1.90. The van der Waals surface area contributed by atoms with E-state index in [1.165, 1.54) is 6.26 Å². The molecule has 0 amide bonds. The molecule has 0 fully saturated rings. The van der Waals surface area contributed by atoms with Crippen LogP contribution < -0.4 is 0 Å². The van der Waals surface area contributed by atoms with Gasteiger partial charge in [0.2, 0.25) is 0 Å². The summed E-state index contributed by atoms with van der Waals surface area (Å²) in [6, 6.07) is 5.08. The van der Waals surface area contributed by atoms with Crippen LogP contribution in [0, 0.1) is 11.3 Å². The summed E-state index contributed by atoms with van der Waals surface area (Å²) in [6.45, 7) is 0. The maximum Gasteiger partial charge on any atom is 0.255 e. The van der Waals surface area contributed by atoms with Crippen LogP contribution in [0.3, 0.4) is 0 Å². The number of nitrogens with zero attached hydrogens (tertiary/aromatic N) is 1. The molecule has 0 saturated heterocycles. The molecule has 0 unspecified atom stereocenters. The van der Waals surface area contributed by atoms with Gasteiger partial charge < -0.3 is 4.42 Å². The SMILES string of the molecule is N#CCSC(=O)c1ccco1. The number of rotatable bonds is 2. The molecule has 0 aliphatic carbocycles. The Balaban J connectivity index is 2.51. The number of carbonyl (C=O) groups is 1. The Kier molecular flexibility index (Phi) is 2.75. The van der Waals surface area contributed by atoms with E-state index in [1.54, 1.807) is 12.1 Å². The van der Waals surface area contributed by atoms with E-state index in [0.717, 1.165) is 11.8 Å². The zero-order valence-corrected chi connectivity index (χ0v) is 6.43.